The third-order valence-electron chi connectivity index (χ3n) is 5.38. The molecule has 3 aromatic rings. The summed E-state index contributed by atoms with van der Waals surface area (Å²) in [6.45, 7) is 4.00. The van der Waals surface area contributed by atoms with E-state index < -0.39 is 10.0 Å². The van der Waals surface area contributed by atoms with Crippen molar-refractivity contribution in [1.29, 1.82) is 0 Å². The molecular formula is C24H28ClN3O3S2. The molecule has 0 spiro atoms. The second-order valence-corrected chi connectivity index (χ2v) is 11.2. The first-order chi connectivity index (χ1) is 15.6. The average molecular weight is 506 g/mol. The minimum atomic E-state index is -3.80. The molecule has 6 nitrogen and oxygen atoms in total. The maximum Gasteiger partial charge on any atom is 0.265 e. The fraction of sp³-hybridized carbons (Fsp3) is 0.292. The highest BCUT2D eigenvalue weighted by molar-refractivity contribution is 7.89. The Labute approximate surface area is 204 Å². The molecule has 0 bridgehead atoms. The summed E-state index contributed by atoms with van der Waals surface area (Å²) >= 11 is 7.44. The van der Waals surface area contributed by atoms with Gasteiger partial charge in [0.05, 0.1) is 9.77 Å². The van der Waals surface area contributed by atoms with Crippen LogP contribution in [0.3, 0.4) is 0 Å². The fourth-order valence-corrected chi connectivity index (χ4v) is 6.04. The van der Waals surface area contributed by atoms with Gasteiger partial charge in [0.15, 0.2) is 0 Å². The average Bonchev–Trinajstić information content (AvgIpc) is 3.32. The quantitative estimate of drug-likeness (QED) is 0.404. The Balaban J connectivity index is 1.99. The van der Waals surface area contributed by atoms with Crippen LogP contribution in [-0.2, 0) is 16.6 Å². The highest BCUT2D eigenvalue weighted by atomic mass is 35.5. The van der Waals surface area contributed by atoms with E-state index in [1.165, 1.54) is 21.7 Å². The molecule has 1 aromatic heterocycles. The van der Waals surface area contributed by atoms with Crippen LogP contribution in [0.25, 0.3) is 0 Å². The van der Waals surface area contributed by atoms with E-state index in [2.05, 4.69) is 5.32 Å². The van der Waals surface area contributed by atoms with Crippen molar-refractivity contribution in [3.05, 3.63) is 75.4 Å². The van der Waals surface area contributed by atoms with E-state index in [1.807, 2.05) is 62.5 Å². The van der Waals surface area contributed by atoms with Crippen LogP contribution in [0.4, 0.5) is 11.4 Å². The van der Waals surface area contributed by atoms with Gasteiger partial charge in [0.2, 0.25) is 10.0 Å². The third-order valence-corrected chi connectivity index (χ3v) is 8.44. The van der Waals surface area contributed by atoms with Gasteiger partial charge in [-0.05, 0) is 66.8 Å². The second-order valence-electron chi connectivity index (χ2n) is 7.93. The highest BCUT2D eigenvalue weighted by Gasteiger charge is 2.29. The molecule has 2 aromatic carbocycles. The number of nitrogens with one attached hydrogen (secondary N) is 1. The number of anilines is 2. The summed E-state index contributed by atoms with van der Waals surface area (Å²) in [5.41, 5.74) is 2.27. The summed E-state index contributed by atoms with van der Waals surface area (Å²) in [5, 5.41) is 5.13. The topological polar surface area (TPSA) is 69.7 Å². The predicted octanol–water partition coefficient (Wildman–Crippen LogP) is 5.71. The Hall–Kier alpha value is -2.39. The van der Waals surface area contributed by atoms with Gasteiger partial charge >= 0.3 is 0 Å². The zero-order chi connectivity index (χ0) is 24.2. The number of hydrogen-bond acceptors (Lipinski definition) is 5. The van der Waals surface area contributed by atoms with Crippen LogP contribution in [-0.4, -0.2) is 38.8 Å². The van der Waals surface area contributed by atoms with Gasteiger partial charge in [0.25, 0.3) is 5.91 Å². The molecule has 0 fully saturated rings. The van der Waals surface area contributed by atoms with Gasteiger partial charge in [-0.1, -0.05) is 30.7 Å². The largest absolute Gasteiger partial charge is 0.377 e. The van der Waals surface area contributed by atoms with Gasteiger partial charge in [-0.15, -0.1) is 11.3 Å². The maximum absolute atomic E-state index is 13.6. The summed E-state index contributed by atoms with van der Waals surface area (Å²) in [5.74, 6) is -0.195. The first-order valence-electron chi connectivity index (χ1n) is 10.6. The Kier molecular flexibility index (Phi) is 8.18. The van der Waals surface area contributed by atoms with E-state index in [0.29, 0.717) is 22.0 Å². The molecule has 1 atom stereocenters. The Morgan fingerprint density at radius 2 is 1.88 bits per heavy atom. The molecule has 0 aliphatic heterocycles. The van der Waals surface area contributed by atoms with Crippen molar-refractivity contribution < 1.29 is 13.2 Å². The Bertz CT molecular complexity index is 1210. The van der Waals surface area contributed by atoms with Crippen molar-refractivity contribution in [3.8, 4) is 0 Å². The fourth-order valence-electron chi connectivity index (χ4n) is 3.44. The molecule has 3 rings (SSSR count). The van der Waals surface area contributed by atoms with Crippen LogP contribution in [0.5, 0.6) is 0 Å². The molecule has 33 heavy (non-hydrogen) atoms. The van der Waals surface area contributed by atoms with E-state index in [-0.39, 0.29) is 23.4 Å². The van der Waals surface area contributed by atoms with E-state index in [0.717, 1.165) is 11.3 Å². The van der Waals surface area contributed by atoms with Crippen molar-refractivity contribution in [3.63, 3.8) is 0 Å². The number of benzene rings is 2. The molecule has 0 aliphatic rings. The van der Waals surface area contributed by atoms with E-state index in [4.69, 9.17) is 11.6 Å². The zero-order valence-electron chi connectivity index (χ0n) is 19.1. The molecule has 0 unspecified atom stereocenters. The zero-order valence-corrected chi connectivity index (χ0v) is 21.5. The lowest BCUT2D eigenvalue weighted by Gasteiger charge is -2.30. The molecule has 9 heteroatoms. The number of sulfonamides is 1. The molecule has 1 N–H and O–H groups in total. The summed E-state index contributed by atoms with van der Waals surface area (Å²) in [6, 6.07) is 15.2. The number of hydrogen-bond donors (Lipinski definition) is 1. The lowest BCUT2D eigenvalue weighted by Crippen LogP contribution is -2.38. The molecule has 1 amide bonds. The summed E-state index contributed by atoms with van der Waals surface area (Å²) in [7, 11) is 0.00688. The summed E-state index contributed by atoms with van der Waals surface area (Å²) < 4.78 is 28.6. The smallest absolute Gasteiger partial charge is 0.265 e. The van der Waals surface area contributed by atoms with Gasteiger partial charge in [0.1, 0.15) is 0 Å². The van der Waals surface area contributed by atoms with Crippen molar-refractivity contribution in [2.24, 2.45) is 0 Å². The van der Waals surface area contributed by atoms with Crippen LogP contribution in [0.2, 0.25) is 5.02 Å². The standard InChI is InChI=1S/C24H28ClN3O3S2/c1-5-17(2)28(33(30,31)21-9-6-8-19(25)15-21)16-18-14-20(11-12-22(18)27(3)4)26-24(29)23-10-7-13-32-23/h6-15,17H,5,16H2,1-4H3,(H,26,29)/t17-/m0/s1. The Morgan fingerprint density at radius 1 is 1.12 bits per heavy atom. The van der Waals surface area contributed by atoms with Crippen molar-refractivity contribution in [2.75, 3.05) is 24.3 Å². The lowest BCUT2D eigenvalue weighted by atomic mass is 10.1. The monoisotopic (exact) mass is 505 g/mol. The number of nitrogens with zero attached hydrogens (tertiary/aromatic N) is 2. The van der Waals surface area contributed by atoms with Crippen LogP contribution in [0.1, 0.15) is 35.5 Å². The normalized spacial score (nSPS) is 12.5. The molecular weight excluding hydrogens is 478 g/mol. The van der Waals surface area contributed by atoms with Crippen molar-refractivity contribution in [2.45, 2.75) is 37.8 Å². The number of halogens is 1. The first-order valence-corrected chi connectivity index (χ1v) is 13.3. The van der Waals surface area contributed by atoms with Gasteiger partial charge in [-0.2, -0.15) is 4.31 Å². The van der Waals surface area contributed by atoms with Gasteiger partial charge < -0.3 is 10.2 Å². The third kappa shape index (κ3) is 5.95. The number of carbonyl (C=O) groups is 1. The summed E-state index contributed by atoms with van der Waals surface area (Å²) in [4.78, 5) is 15.2. The van der Waals surface area contributed by atoms with Crippen LogP contribution >= 0.6 is 22.9 Å². The number of amides is 1. The highest BCUT2D eigenvalue weighted by Crippen LogP contribution is 2.30. The number of carbonyl (C=O) groups excluding carboxylic acids is 1. The van der Waals surface area contributed by atoms with Gasteiger partial charge in [0, 0.05) is 43.1 Å². The summed E-state index contributed by atoms with van der Waals surface area (Å²) in [6.07, 6.45) is 0.645. The van der Waals surface area contributed by atoms with Crippen LogP contribution in [0.15, 0.2) is 64.9 Å². The molecule has 0 radical (unpaired) electrons. The minimum absolute atomic E-state index is 0.153. The van der Waals surface area contributed by atoms with E-state index in [1.54, 1.807) is 24.3 Å². The Morgan fingerprint density at radius 3 is 2.48 bits per heavy atom. The molecule has 0 aliphatic carbocycles. The number of rotatable bonds is 9. The van der Waals surface area contributed by atoms with Crippen molar-refractivity contribution in [1.82, 2.24) is 4.31 Å². The van der Waals surface area contributed by atoms with Gasteiger partial charge in [-0.3, -0.25) is 4.79 Å². The maximum atomic E-state index is 13.6. The second kappa shape index (κ2) is 10.7. The molecule has 0 saturated heterocycles. The minimum Gasteiger partial charge on any atom is -0.377 e. The predicted molar refractivity (Wildman–Crippen MR) is 137 cm³/mol. The number of thiophene rings is 1. The molecule has 0 saturated carbocycles. The van der Waals surface area contributed by atoms with E-state index in [9.17, 15) is 13.2 Å². The van der Waals surface area contributed by atoms with Gasteiger partial charge in [-0.25, -0.2) is 8.42 Å². The molecule has 1 heterocycles. The SMILES string of the molecule is CC[C@H](C)N(Cc1cc(NC(=O)c2cccs2)ccc1N(C)C)S(=O)(=O)c1cccc(Cl)c1. The first kappa shape index (κ1) is 25.2. The van der Waals surface area contributed by atoms with E-state index >= 15 is 0 Å². The molecule has 176 valence electrons. The lowest BCUT2D eigenvalue weighted by molar-refractivity contribution is 0.103. The van der Waals surface area contributed by atoms with Crippen LogP contribution in [0, 0.1) is 0 Å². The van der Waals surface area contributed by atoms with Crippen LogP contribution < -0.4 is 10.2 Å². The van der Waals surface area contributed by atoms with Crippen molar-refractivity contribution >= 4 is 50.2 Å².